The molecular formula is C9H12N4O. The Labute approximate surface area is 80.8 Å². The van der Waals surface area contributed by atoms with Gasteiger partial charge in [-0.3, -0.25) is 4.79 Å². The Morgan fingerprint density at radius 3 is 3.07 bits per heavy atom. The number of imidazole rings is 1. The lowest BCUT2D eigenvalue weighted by Crippen LogP contribution is -2.08. The molecular weight excluding hydrogens is 180 g/mol. The zero-order chi connectivity index (χ0) is 10.1. The molecule has 0 bridgehead atoms. The van der Waals surface area contributed by atoms with Crippen LogP contribution in [0.15, 0.2) is 17.4 Å². The molecule has 0 saturated heterocycles. The lowest BCUT2D eigenvalue weighted by Gasteiger charge is -2.09. The van der Waals surface area contributed by atoms with Crippen molar-refractivity contribution in [2.75, 3.05) is 0 Å². The van der Waals surface area contributed by atoms with Crippen molar-refractivity contribution in [1.82, 2.24) is 19.5 Å². The summed E-state index contributed by atoms with van der Waals surface area (Å²) in [7, 11) is 0. The maximum atomic E-state index is 11.3. The van der Waals surface area contributed by atoms with Crippen molar-refractivity contribution in [3.8, 4) is 0 Å². The molecule has 1 atom stereocenters. The van der Waals surface area contributed by atoms with E-state index in [1.165, 1.54) is 6.33 Å². The predicted octanol–water partition coefficient (Wildman–Crippen LogP) is 1.09. The van der Waals surface area contributed by atoms with Crippen LogP contribution in [-0.4, -0.2) is 19.5 Å². The van der Waals surface area contributed by atoms with Gasteiger partial charge in [-0.05, 0) is 13.3 Å². The van der Waals surface area contributed by atoms with Crippen LogP contribution in [0, 0.1) is 0 Å². The lowest BCUT2D eigenvalue weighted by molar-refractivity contribution is 0.541. The maximum Gasteiger partial charge on any atom is 0.278 e. The zero-order valence-electron chi connectivity index (χ0n) is 8.19. The number of nitrogens with zero attached hydrogens (tertiary/aromatic N) is 3. The van der Waals surface area contributed by atoms with E-state index in [9.17, 15) is 4.79 Å². The Morgan fingerprint density at radius 2 is 2.36 bits per heavy atom. The first-order valence-corrected chi connectivity index (χ1v) is 4.64. The minimum absolute atomic E-state index is 0.183. The van der Waals surface area contributed by atoms with Gasteiger partial charge in [-0.15, -0.1) is 0 Å². The van der Waals surface area contributed by atoms with Crippen LogP contribution in [0.4, 0.5) is 0 Å². The molecule has 0 fully saturated rings. The van der Waals surface area contributed by atoms with Crippen LogP contribution in [0.1, 0.15) is 26.3 Å². The summed E-state index contributed by atoms with van der Waals surface area (Å²) in [5, 5.41) is 0. The Morgan fingerprint density at radius 1 is 1.57 bits per heavy atom. The van der Waals surface area contributed by atoms with Crippen molar-refractivity contribution in [3.63, 3.8) is 0 Å². The molecule has 0 aliphatic carbocycles. The van der Waals surface area contributed by atoms with Gasteiger partial charge in [0.25, 0.3) is 5.56 Å². The summed E-state index contributed by atoms with van der Waals surface area (Å²) < 4.78 is 1.92. The third-order valence-corrected chi connectivity index (χ3v) is 2.43. The van der Waals surface area contributed by atoms with Crippen LogP contribution in [0.5, 0.6) is 0 Å². The topological polar surface area (TPSA) is 63.6 Å². The Bertz CT molecular complexity index is 499. The first-order chi connectivity index (χ1) is 6.74. The highest BCUT2D eigenvalue weighted by Crippen LogP contribution is 2.14. The van der Waals surface area contributed by atoms with Gasteiger partial charge < -0.3 is 9.55 Å². The molecule has 5 nitrogen and oxygen atoms in total. The number of aromatic nitrogens is 4. The van der Waals surface area contributed by atoms with Crippen LogP contribution in [0.25, 0.3) is 11.2 Å². The van der Waals surface area contributed by atoms with E-state index < -0.39 is 0 Å². The first-order valence-electron chi connectivity index (χ1n) is 4.64. The molecule has 2 rings (SSSR count). The van der Waals surface area contributed by atoms with Crippen LogP contribution in [0.3, 0.4) is 0 Å². The van der Waals surface area contributed by atoms with E-state index in [-0.39, 0.29) is 5.56 Å². The number of hydrogen-bond donors (Lipinski definition) is 1. The van der Waals surface area contributed by atoms with Crippen LogP contribution in [-0.2, 0) is 0 Å². The second-order valence-corrected chi connectivity index (χ2v) is 3.31. The van der Waals surface area contributed by atoms with Crippen LogP contribution >= 0.6 is 0 Å². The Hall–Kier alpha value is -1.65. The summed E-state index contributed by atoms with van der Waals surface area (Å²) in [6, 6.07) is 0.314. The van der Waals surface area contributed by atoms with Gasteiger partial charge in [0.05, 0.1) is 12.7 Å². The quantitative estimate of drug-likeness (QED) is 0.774. The molecule has 0 aliphatic heterocycles. The zero-order valence-corrected chi connectivity index (χ0v) is 8.19. The molecule has 0 amide bonds. The number of nitrogens with one attached hydrogen (secondary N) is 1. The molecule has 2 heterocycles. The van der Waals surface area contributed by atoms with E-state index >= 15 is 0 Å². The molecule has 74 valence electrons. The second kappa shape index (κ2) is 3.25. The van der Waals surface area contributed by atoms with E-state index in [2.05, 4.69) is 28.8 Å². The van der Waals surface area contributed by atoms with E-state index in [1.54, 1.807) is 6.33 Å². The monoisotopic (exact) mass is 192 g/mol. The fourth-order valence-corrected chi connectivity index (χ4v) is 1.38. The van der Waals surface area contributed by atoms with Gasteiger partial charge in [-0.2, -0.15) is 0 Å². The van der Waals surface area contributed by atoms with E-state index in [4.69, 9.17) is 0 Å². The normalized spacial score (nSPS) is 13.3. The molecule has 0 aliphatic rings. The fourth-order valence-electron chi connectivity index (χ4n) is 1.38. The van der Waals surface area contributed by atoms with Crippen LogP contribution in [0.2, 0.25) is 0 Å². The molecule has 1 N–H and O–H groups in total. The molecule has 0 spiro atoms. The molecule has 2 aromatic heterocycles. The summed E-state index contributed by atoms with van der Waals surface area (Å²) >= 11 is 0. The average Bonchev–Trinajstić information content (AvgIpc) is 2.62. The third kappa shape index (κ3) is 1.21. The van der Waals surface area contributed by atoms with E-state index in [0.29, 0.717) is 17.2 Å². The summed E-state index contributed by atoms with van der Waals surface area (Å²) in [6.45, 7) is 4.16. The molecule has 14 heavy (non-hydrogen) atoms. The molecule has 2 aromatic rings. The van der Waals surface area contributed by atoms with Crippen molar-refractivity contribution in [2.45, 2.75) is 26.3 Å². The lowest BCUT2D eigenvalue weighted by atomic mass is 10.2. The van der Waals surface area contributed by atoms with Gasteiger partial charge in [0.15, 0.2) is 11.2 Å². The fraction of sp³-hybridized carbons (Fsp3) is 0.444. The molecule has 0 aromatic carbocycles. The molecule has 1 unspecified atom stereocenters. The Balaban J connectivity index is 2.70. The van der Waals surface area contributed by atoms with Crippen LogP contribution < -0.4 is 5.56 Å². The standard InChI is InChI=1S/C9H12N4O/c1-3-6(2)13-5-12-7-8(13)10-4-11-9(7)14/h4-6H,3H2,1-2H3,(H,10,11,14). The third-order valence-electron chi connectivity index (χ3n) is 2.43. The summed E-state index contributed by atoms with van der Waals surface area (Å²) in [4.78, 5) is 22.0. The van der Waals surface area contributed by atoms with Gasteiger partial charge in [0.1, 0.15) is 0 Å². The summed E-state index contributed by atoms with van der Waals surface area (Å²) in [5.41, 5.74) is 0.882. The maximum absolute atomic E-state index is 11.3. The molecule has 0 radical (unpaired) electrons. The number of hydrogen-bond acceptors (Lipinski definition) is 3. The van der Waals surface area contributed by atoms with Crippen molar-refractivity contribution >= 4 is 11.2 Å². The van der Waals surface area contributed by atoms with Crippen molar-refractivity contribution in [2.24, 2.45) is 0 Å². The van der Waals surface area contributed by atoms with Gasteiger partial charge >= 0.3 is 0 Å². The first kappa shape index (κ1) is 8.93. The molecule has 0 saturated carbocycles. The van der Waals surface area contributed by atoms with Crippen molar-refractivity contribution in [1.29, 1.82) is 0 Å². The smallest absolute Gasteiger partial charge is 0.278 e. The average molecular weight is 192 g/mol. The van der Waals surface area contributed by atoms with E-state index in [1.807, 2.05) is 4.57 Å². The van der Waals surface area contributed by atoms with Crippen molar-refractivity contribution in [3.05, 3.63) is 23.0 Å². The van der Waals surface area contributed by atoms with E-state index in [0.717, 1.165) is 6.42 Å². The summed E-state index contributed by atoms with van der Waals surface area (Å²) in [5.74, 6) is 0. The SMILES string of the molecule is CCC(C)n1cnc2c(=O)[nH]cnc21. The highest BCUT2D eigenvalue weighted by Gasteiger charge is 2.10. The predicted molar refractivity (Wildman–Crippen MR) is 53.2 cm³/mol. The number of fused-ring (bicyclic) bond motifs is 1. The second-order valence-electron chi connectivity index (χ2n) is 3.31. The largest absolute Gasteiger partial charge is 0.312 e. The number of rotatable bonds is 2. The van der Waals surface area contributed by atoms with Crippen molar-refractivity contribution < 1.29 is 0 Å². The number of H-pyrrole nitrogens is 1. The minimum atomic E-state index is -0.183. The van der Waals surface area contributed by atoms with Gasteiger partial charge in [0.2, 0.25) is 0 Å². The molecule has 5 heteroatoms. The van der Waals surface area contributed by atoms with Gasteiger partial charge in [-0.1, -0.05) is 6.92 Å². The van der Waals surface area contributed by atoms with Gasteiger partial charge in [0, 0.05) is 6.04 Å². The minimum Gasteiger partial charge on any atom is -0.312 e. The Kier molecular flexibility index (Phi) is 2.07. The summed E-state index contributed by atoms with van der Waals surface area (Å²) in [6.07, 6.45) is 4.06. The van der Waals surface area contributed by atoms with Gasteiger partial charge in [-0.25, -0.2) is 9.97 Å². The highest BCUT2D eigenvalue weighted by molar-refractivity contribution is 5.68. The number of aromatic amines is 1. The highest BCUT2D eigenvalue weighted by atomic mass is 16.1.